The molecule has 2 rings (SSSR count). The molecule has 1 atom stereocenters. The molecule has 2 aromatic heterocycles. The maximum atomic E-state index is 6.11. The Hall–Kier alpha value is -1.03. The van der Waals surface area contributed by atoms with Crippen LogP contribution in [0.3, 0.4) is 0 Å². The first-order valence-corrected chi connectivity index (χ1v) is 8.01. The van der Waals surface area contributed by atoms with Crippen LogP contribution in [0.5, 0.6) is 0 Å². The minimum atomic E-state index is 0.388. The van der Waals surface area contributed by atoms with Crippen molar-refractivity contribution in [3.63, 3.8) is 0 Å². The molecule has 0 aromatic carbocycles. The van der Waals surface area contributed by atoms with Gasteiger partial charge in [0.2, 0.25) is 0 Å². The van der Waals surface area contributed by atoms with Crippen LogP contribution in [0.15, 0.2) is 0 Å². The third kappa shape index (κ3) is 2.71. The fourth-order valence-electron chi connectivity index (χ4n) is 3.00. The van der Waals surface area contributed by atoms with Gasteiger partial charge in [-0.3, -0.25) is 4.68 Å². The molecular weight excluding hydrogens is 272 g/mol. The van der Waals surface area contributed by atoms with Gasteiger partial charge in [0.05, 0.1) is 11.6 Å². The van der Waals surface area contributed by atoms with Crippen molar-refractivity contribution < 1.29 is 0 Å². The van der Waals surface area contributed by atoms with Crippen LogP contribution < -0.4 is 0 Å². The smallest absolute Gasteiger partial charge is 0.158 e. The Labute approximate surface area is 126 Å². The van der Waals surface area contributed by atoms with E-state index in [0.29, 0.717) is 17.8 Å². The second kappa shape index (κ2) is 6.17. The van der Waals surface area contributed by atoms with Crippen molar-refractivity contribution in [2.75, 3.05) is 0 Å². The number of hydrogen-bond acceptors (Lipinski definition) is 2. The van der Waals surface area contributed by atoms with Gasteiger partial charge in [0.1, 0.15) is 11.3 Å². The lowest BCUT2D eigenvalue weighted by Gasteiger charge is -2.18. The number of rotatable bonds is 6. The van der Waals surface area contributed by atoms with E-state index in [2.05, 4.69) is 37.4 Å². The molecule has 0 saturated heterocycles. The van der Waals surface area contributed by atoms with Crippen LogP contribution in [0.25, 0.3) is 11.2 Å². The van der Waals surface area contributed by atoms with E-state index in [9.17, 15) is 0 Å². The third-order valence-electron chi connectivity index (χ3n) is 3.67. The summed E-state index contributed by atoms with van der Waals surface area (Å²) in [5.74, 6) is 2.05. The predicted octanol–water partition coefficient (Wildman–Crippen LogP) is 4.07. The first kappa shape index (κ1) is 15.4. The highest BCUT2D eigenvalue weighted by Crippen LogP contribution is 2.28. The van der Waals surface area contributed by atoms with E-state index in [0.717, 1.165) is 41.9 Å². The van der Waals surface area contributed by atoms with Crippen LogP contribution in [-0.4, -0.2) is 19.3 Å². The van der Waals surface area contributed by atoms with E-state index in [1.54, 1.807) is 0 Å². The Bertz CT molecular complexity index is 582. The van der Waals surface area contributed by atoms with Crippen molar-refractivity contribution >= 4 is 22.8 Å². The second-order valence-corrected chi connectivity index (χ2v) is 6.27. The Morgan fingerprint density at radius 1 is 1.25 bits per heavy atom. The van der Waals surface area contributed by atoms with E-state index in [4.69, 9.17) is 16.6 Å². The second-order valence-electron chi connectivity index (χ2n) is 6.00. The van der Waals surface area contributed by atoms with Gasteiger partial charge in [-0.1, -0.05) is 27.2 Å². The van der Waals surface area contributed by atoms with Crippen molar-refractivity contribution in [1.82, 2.24) is 19.3 Å². The maximum absolute atomic E-state index is 6.11. The summed E-state index contributed by atoms with van der Waals surface area (Å²) in [7, 11) is 2.00. The Balaban J connectivity index is 2.56. The normalized spacial score (nSPS) is 13.6. The van der Waals surface area contributed by atoms with Gasteiger partial charge < -0.3 is 4.57 Å². The molecular formula is C15H25ClN4. The van der Waals surface area contributed by atoms with Crippen molar-refractivity contribution in [3.05, 3.63) is 11.5 Å². The molecule has 2 heterocycles. The van der Waals surface area contributed by atoms with Crippen LogP contribution in [0.2, 0.25) is 0 Å². The zero-order valence-electron chi connectivity index (χ0n) is 13.1. The maximum Gasteiger partial charge on any atom is 0.158 e. The largest absolute Gasteiger partial charge is 0.309 e. The van der Waals surface area contributed by atoms with E-state index < -0.39 is 0 Å². The van der Waals surface area contributed by atoms with Gasteiger partial charge in [-0.2, -0.15) is 5.10 Å². The fourth-order valence-corrected chi connectivity index (χ4v) is 3.19. The summed E-state index contributed by atoms with van der Waals surface area (Å²) in [6.07, 6.45) is 3.16. The molecule has 20 heavy (non-hydrogen) atoms. The molecule has 112 valence electrons. The van der Waals surface area contributed by atoms with Gasteiger partial charge in [-0.15, -0.1) is 11.6 Å². The molecule has 0 radical (unpaired) electrons. The number of alkyl halides is 1. The molecule has 0 spiro atoms. The zero-order chi connectivity index (χ0) is 14.9. The first-order chi connectivity index (χ1) is 9.49. The quantitative estimate of drug-likeness (QED) is 0.753. The summed E-state index contributed by atoms with van der Waals surface area (Å²) in [5.41, 5.74) is 3.23. The highest BCUT2D eigenvalue weighted by molar-refractivity contribution is 6.16. The van der Waals surface area contributed by atoms with E-state index >= 15 is 0 Å². The molecule has 0 N–H and O–H groups in total. The van der Waals surface area contributed by atoms with Gasteiger partial charge in [0, 0.05) is 13.1 Å². The fraction of sp³-hybridized carbons (Fsp3) is 0.733. The third-order valence-corrected chi connectivity index (χ3v) is 3.91. The van der Waals surface area contributed by atoms with E-state index in [1.807, 2.05) is 11.7 Å². The van der Waals surface area contributed by atoms with Crippen molar-refractivity contribution in [1.29, 1.82) is 0 Å². The number of hydrogen-bond donors (Lipinski definition) is 0. The van der Waals surface area contributed by atoms with Gasteiger partial charge in [-0.25, -0.2) is 4.98 Å². The SMILES string of the molecule is CCCc1nn(C)c2c1nc(CCl)n2C(C)CC(C)C. The van der Waals surface area contributed by atoms with E-state index in [-0.39, 0.29) is 0 Å². The lowest BCUT2D eigenvalue weighted by Crippen LogP contribution is -2.13. The summed E-state index contributed by atoms with van der Waals surface area (Å²) in [6, 6.07) is 0.388. The summed E-state index contributed by atoms with van der Waals surface area (Å²) >= 11 is 6.11. The number of aryl methyl sites for hydroxylation is 2. The Kier molecular flexibility index (Phi) is 4.74. The van der Waals surface area contributed by atoms with Crippen LogP contribution >= 0.6 is 11.6 Å². The van der Waals surface area contributed by atoms with Gasteiger partial charge in [-0.05, 0) is 25.7 Å². The standard InChI is InChI=1S/C15H25ClN4/c1-6-7-12-14-15(19(5)18-12)20(13(9-16)17-14)11(4)8-10(2)3/h10-11H,6-9H2,1-5H3. The monoisotopic (exact) mass is 296 g/mol. The molecule has 0 bridgehead atoms. The minimum Gasteiger partial charge on any atom is -0.309 e. The molecule has 5 heteroatoms. The van der Waals surface area contributed by atoms with Gasteiger partial charge >= 0.3 is 0 Å². The average Bonchev–Trinajstić information content (AvgIpc) is 2.88. The lowest BCUT2D eigenvalue weighted by molar-refractivity contribution is 0.423. The average molecular weight is 297 g/mol. The first-order valence-electron chi connectivity index (χ1n) is 7.48. The summed E-state index contributed by atoms with van der Waals surface area (Å²) in [6.45, 7) is 8.90. The number of nitrogens with zero attached hydrogens (tertiary/aromatic N) is 4. The molecule has 0 aliphatic heterocycles. The van der Waals surface area contributed by atoms with Crippen LogP contribution in [-0.2, 0) is 19.3 Å². The molecule has 0 amide bonds. The minimum absolute atomic E-state index is 0.388. The van der Waals surface area contributed by atoms with Crippen molar-refractivity contribution in [3.8, 4) is 0 Å². The lowest BCUT2D eigenvalue weighted by atomic mass is 10.1. The summed E-state index contributed by atoms with van der Waals surface area (Å²) in [4.78, 5) is 4.75. The molecule has 1 unspecified atom stereocenters. The molecule has 4 nitrogen and oxygen atoms in total. The van der Waals surface area contributed by atoms with Crippen LogP contribution in [0.1, 0.15) is 58.1 Å². The van der Waals surface area contributed by atoms with Crippen molar-refractivity contribution in [2.45, 2.75) is 58.9 Å². The van der Waals surface area contributed by atoms with Gasteiger partial charge in [0.25, 0.3) is 0 Å². The number of fused-ring (bicyclic) bond motifs is 1. The molecule has 0 aliphatic rings. The summed E-state index contributed by atoms with van der Waals surface area (Å²) in [5, 5.41) is 4.63. The zero-order valence-corrected chi connectivity index (χ0v) is 13.9. The predicted molar refractivity (Wildman–Crippen MR) is 84.2 cm³/mol. The van der Waals surface area contributed by atoms with Gasteiger partial charge in [0.15, 0.2) is 5.65 Å². The molecule has 0 aliphatic carbocycles. The summed E-state index contributed by atoms with van der Waals surface area (Å²) < 4.78 is 4.23. The molecule has 0 saturated carbocycles. The number of imidazole rings is 1. The van der Waals surface area contributed by atoms with Crippen LogP contribution in [0, 0.1) is 5.92 Å². The Morgan fingerprint density at radius 2 is 1.95 bits per heavy atom. The van der Waals surface area contributed by atoms with Crippen LogP contribution in [0.4, 0.5) is 0 Å². The number of aromatic nitrogens is 4. The Morgan fingerprint density at radius 3 is 2.50 bits per heavy atom. The topological polar surface area (TPSA) is 35.6 Å². The molecule has 2 aromatic rings. The highest BCUT2D eigenvalue weighted by Gasteiger charge is 2.22. The number of halogens is 1. The van der Waals surface area contributed by atoms with Crippen molar-refractivity contribution in [2.24, 2.45) is 13.0 Å². The molecule has 0 fully saturated rings. The highest BCUT2D eigenvalue weighted by atomic mass is 35.5. The van der Waals surface area contributed by atoms with E-state index in [1.165, 1.54) is 0 Å².